The fraction of sp³-hybridized carbons (Fsp3) is 0.375. The van der Waals surface area contributed by atoms with Crippen LogP contribution < -0.4 is 10.6 Å². The Labute approximate surface area is 152 Å². The van der Waals surface area contributed by atoms with Crippen LogP contribution in [0.1, 0.15) is 33.8 Å². The van der Waals surface area contributed by atoms with E-state index in [1.165, 1.54) is 22.7 Å². The molecule has 4 heterocycles. The minimum Gasteiger partial charge on any atom is -0.344 e. The van der Waals surface area contributed by atoms with Crippen molar-refractivity contribution < 1.29 is 14.4 Å². The molecule has 3 amide bonds. The summed E-state index contributed by atoms with van der Waals surface area (Å²) in [7, 11) is 0. The fourth-order valence-electron chi connectivity index (χ4n) is 3.02. The van der Waals surface area contributed by atoms with E-state index in [4.69, 9.17) is 0 Å². The molecule has 1 unspecified atom stereocenters. The molecule has 0 radical (unpaired) electrons. The number of amides is 3. The smallest absolute Gasteiger partial charge is 0.258 e. The second-order valence-electron chi connectivity index (χ2n) is 6.02. The third kappa shape index (κ3) is 3.29. The Kier molecular flexibility index (Phi) is 4.26. The standard InChI is InChI=1S/C16H16N4O3S2/c21-13-2-1-11(17-13)15(23)20-5-3-10-12(7-20)25-16(18-10)19-14(22)9-4-6-24-8-9/h4,6,8,11H,1-3,5,7H2,(H,17,21)(H,18,19,22). The van der Waals surface area contributed by atoms with Crippen molar-refractivity contribution in [1.82, 2.24) is 15.2 Å². The topological polar surface area (TPSA) is 91.4 Å². The highest BCUT2D eigenvalue weighted by Crippen LogP contribution is 2.29. The molecular formula is C16H16N4O3S2. The number of fused-ring (bicyclic) bond motifs is 1. The molecule has 2 aromatic heterocycles. The van der Waals surface area contributed by atoms with Gasteiger partial charge in [0.15, 0.2) is 5.13 Å². The summed E-state index contributed by atoms with van der Waals surface area (Å²) < 4.78 is 0. The van der Waals surface area contributed by atoms with Crippen LogP contribution >= 0.6 is 22.7 Å². The first-order valence-corrected chi connectivity index (χ1v) is 9.76. The van der Waals surface area contributed by atoms with Crippen molar-refractivity contribution >= 4 is 45.5 Å². The molecule has 0 spiro atoms. The average molecular weight is 376 g/mol. The lowest BCUT2D eigenvalue weighted by Crippen LogP contribution is -2.46. The molecule has 2 N–H and O–H groups in total. The van der Waals surface area contributed by atoms with Crippen LogP contribution in [-0.2, 0) is 22.6 Å². The Morgan fingerprint density at radius 3 is 2.96 bits per heavy atom. The second kappa shape index (κ2) is 6.57. The lowest BCUT2D eigenvalue weighted by molar-refractivity contribution is -0.135. The summed E-state index contributed by atoms with van der Waals surface area (Å²) in [5.41, 5.74) is 1.55. The van der Waals surface area contributed by atoms with Crippen LogP contribution in [0.4, 0.5) is 5.13 Å². The van der Waals surface area contributed by atoms with Gasteiger partial charge in [-0.15, -0.1) is 0 Å². The number of carbonyl (C=O) groups excluding carboxylic acids is 3. The molecule has 2 aliphatic rings. The normalized spacial score (nSPS) is 19.4. The number of nitrogens with zero attached hydrogens (tertiary/aromatic N) is 2. The van der Waals surface area contributed by atoms with Crippen LogP contribution in [0.2, 0.25) is 0 Å². The minimum atomic E-state index is -0.403. The van der Waals surface area contributed by atoms with Crippen molar-refractivity contribution in [1.29, 1.82) is 0 Å². The van der Waals surface area contributed by atoms with Gasteiger partial charge in [0.2, 0.25) is 11.8 Å². The molecule has 0 aromatic carbocycles. The molecule has 2 aliphatic heterocycles. The van der Waals surface area contributed by atoms with Crippen LogP contribution in [0, 0.1) is 0 Å². The molecule has 9 heteroatoms. The average Bonchev–Trinajstić information content (AvgIpc) is 3.33. The van der Waals surface area contributed by atoms with E-state index in [9.17, 15) is 14.4 Å². The lowest BCUT2D eigenvalue weighted by Gasteiger charge is -2.28. The van der Waals surface area contributed by atoms with Crippen LogP contribution in [0.5, 0.6) is 0 Å². The maximum absolute atomic E-state index is 12.5. The van der Waals surface area contributed by atoms with Gasteiger partial charge < -0.3 is 10.2 Å². The fourth-order valence-corrected chi connectivity index (χ4v) is 4.67. The quantitative estimate of drug-likeness (QED) is 0.852. The number of thiazole rings is 1. The molecule has 1 saturated heterocycles. The molecule has 0 aliphatic carbocycles. The van der Waals surface area contributed by atoms with Crippen molar-refractivity contribution in [2.45, 2.75) is 31.8 Å². The molecule has 2 aromatic rings. The van der Waals surface area contributed by atoms with Gasteiger partial charge in [-0.05, 0) is 17.9 Å². The summed E-state index contributed by atoms with van der Waals surface area (Å²) in [6.07, 6.45) is 1.63. The van der Waals surface area contributed by atoms with Gasteiger partial charge in [-0.1, -0.05) is 11.3 Å². The first kappa shape index (κ1) is 16.2. The number of rotatable bonds is 3. The van der Waals surface area contributed by atoms with Crippen molar-refractivity contribution in [3.8, 4) is 0 Å². The zero-order valence-corrected chi connectivity index (χ0v) is 14.9. The maximum atomic E-state index is 12.5. The van der Waals surface area contributed by atoms with Gasteiger partial charge in [0.05, 0.1) is 17.8 Å². The molecule has 0 saturated carbocycles. The lowest BCUT2D eigenvalue weighted by atomic mass is 10.1. The number of nitrogens with one attached hydrogen (secondary N) is 2. The Balaban J connectivity index is 1.43. The van der Waals surface area contributed by atoms with Crippen LogP contribution in [0.25, 0.3) is 0 Å². The largest absolute Gasteiger partial charge is 0.344 e. The maximum Gasteiger partial charge on any atom is 0.258 e. The summed E-state index contributed by atoms with van der Waals surface area (Å²) in [5.74, 6) is -0.269. The van der Waals surface area contributed by atoms with Gasteiger partial charge >= 0.3 is 0 Å². The summed E-state index contributed by atoms with van der Waals surface area (Å²) in [5, 5.41) is 9.75. The Hall–Kier alpha value is -2.26. The third-order valence-electron chi connectivity index (χ3n) is 4.34. The number of aromatic nitrogens is 1. The van der Waals surface area contributed by atoms with E-state index in [2.05, 4.69) is 15.6 Å². The van der Waals surface area contributed by atoms with E-state index in [1.54, 1.807) is 16.3 Å². The highest BCUT2D eigenvalue weighted by Gasteiger charge is 2.33. The van der Waals surface area contributed by atoms with Gasteiger partial charge in [0.25, 0.3) is 5.91 Å². The van der Waals surface area contributed by atoms with E-state index in [0.717, 1.165) is 10.6 Å². The second-order valence-corrected chi connectivity index (χ2v) is 7.89. The first-order chi connectivity index (χ1) is 12.1. The Morgan fingerprint density at radius 1 is 1.36 bits per heavy atom. The van der Waals surface area contributed by atoms with Gasteiger partial charge in [-0.2, -0.15) is 11.3 Å². The van der Waals surface area contributed by atoms with Crippen LogP contribution in [-0.4, -0.2) is 40.2 Å². The molecule has 130 valence electrons. The molecule has 7 nitrogen and oxygen atoms in total. The number of hydrogen-bond donors (Lipinski definition) is 2. The summed E-state index contributed by atoms with van der Waals surface area (Å²) in [6.45, 7) is 1.06. The predicted molar refractivity (Wildman–Crippen MR) is 94.7 cm³/mol. The van der Waals surface area contributed by atoms with Gasteiger partial charge in [-0.3, -0.25) is 19.7 Å². The van der Waals surface area contributed by atoms with Crippen molar-refractivity contribution in [3.63, 3.8) is 0 Å². The van der Waals surface area contributed by atoms with Crippen molar-refractivity contribution in [3.05, 3.63) is 33.0 Å². The van der Waals surface area contributed by atoms with Gasteiger partial charge in [-0.25, -0.2) is 4.98 Å². The molecular weight excluding hydrogens is 360 g/mol. The number of hydrogen-bond acceptors (Lipinski definition) is 6. The number of carbonyl (C=O) groups is 3. The van der Waals surface area contributed by atoms with E-state index < -0.39 is 6.04 Å². The van der Waals surface area contributed by atoms with E-state index in [-0.39, 0.29) is 17.7 Å². The first-order valence-electron chi connectivity index (χ1n) is 8.00. The Bertz CT molecular complexity index is 831. The molecule has 25 heavy (non-hydrogen) atoms. The van der Waals surface area contributed by atoms with E-state index >= 15 is 0 Å². The highest BCUT2D eigenvalue weighted by molar-refractivity contribution is 7.16. The monoisotopic (exact) mass is 376 g/mol. The van der Waals surface area contributed by atoms with Gasteiger partial charge in [0.1, 0.15) is 6.04 Å². The number of anilines is 1. The molecule has 1 atom stereocenters. The zero-order chi connectivity index (χ0) is 17.4. The molecule has 1 fully saturated rings. The Morgan fingerprint density at radius 2 is 2.24 bits per heavy atom. The SMILES string of the molecule is O=C1CCC(C(=O)N2CCc3nc(NC(=O)c4ccsc4)sc3C2)N1. The third-order valence-corrected chi connectivity index (χ3v) is 6.02. The zero-order valence-electron chi connectivity index (χ0n) is 13.3. The van der Waals surface area contributed by atoms with Crippen LogP contribution in [0.15, 0.2) is 16.8 Å². The minimum absolute atomic E-state index is 0.0336. The van der Waals surface area contributed by atoms with Crippen LogP contribution in [0.3, 0.4) is 0 Å². The predicted octanol–water partition coefficient (Wildman–Crippen LogP) is 1.62. The van der Waals surface area contributed by atoms with E-state index in [1.807, 2.05) is 5.38 Å². The summed E-state index contributed by atoms with van der Waals surface area (Å²) in [6, 6.07) is 1.36. The van der Waals surface area contributed by atoms with Crippen molar-refractivity contribution in [2.75, 3.05) is 11.9 Å². The molecule has 4 rings (SSSR count). The van der Waals surface area contributed by atoms with Gasteiger partial charge in [0, 0.05) is 29.6 Å². The summed E-state index contributed by atoms with van der Waals surface area (Å²) >= 11 is 2.87. The highest BCUT2D eigenvalue weighted by atomic mass is 32.1. The molecule has 0 bridgehead atoms. The summed E-state index contributed by atoms with van der Waals surface area (Å²) in [4.78, 5) is 43.2. The number of thiophene rings is 1. The van der Waals surface area contributed by atoms with Crippen molar-refractivity contribution in [2.24, 2.45) is 0 Å². The van der Waals surface area contributed by atoms with E-state index in [0.29, 0.717) is 43.0 Å².